The summed E-state index contributed by atoms with van der Waals surface area (Å²) in [5.41, 5.74) is 0. The van der Waals surface area contributed by atoms with Crippen molar-refractivity contribution in [1.29, 1.82) is 0 Å². The molecule has 1 rings (SSSR count). The van der Waals surface area contributed by atoms with E-state index in [2.05, 4.69) is 10.6 Å². The van der Waals surface area contributed by atoms with Crippen molar-refractivity contribution in [3.8, 4) is 5.75 Å². The van der Waals surface area contributed by atoms with Crippen LogP contribution >= 0.6 is 0 Å². The number of carbonyl (C=O) groups is 2. The van der Waals surface area contributed by atoms with E-state index in [-0.39, 0.29) is 11.5 Å². The van der Waals surface area contributed by atoms with E-state index >= 15 is 0 Å². The second-order valence-corrected chi connectivity index (χ2v) is 6.71. The Bertz CT molecular complexity index is 611. The molecule has 0 saturated carbocycles. The zero-order valence-electron chi connectivity index (χ0n) is 12.6. The van der Waals surface area contributed by atoms with Gasteiger partial charge in [0.15, 0.2) is 16.4 Å². The highest BCUT2D eigenvalue weighted by Crippen LogP contribution is 2.15. The third kappa shape index (κ3) is 6.57. The van der Waals surface area contributed by atoms with Gasteiger partial charge in [-0.3, -0.25) is 10.1 Å². The smallest absolute Gasteiger partial charge is 0.321 e. The fourth-order valence-corrected chi connectivity index (χ4v) is 2.15. The van der Waals surface area contributed by atoms with Gasteiger partial charge in [-0.2, -0.15) is 0 Å². The number of hydrogen-bond acceptors (Lipinski definition) is 5. The lowest BCUT2D eigenvalue weighted by Crippen LogP contribution is -2.41. The number of imide groups is 1. The van der Waals surface area contributed by atoms with E-state index in [1.54, 1.807) is 0 Å². The molecule has 1 aromatic rings. The van der Waals surface area contributed by atoms with Crippen LogP contribution in [0.4, 0.5) is 4.79 Å². The van der Waals surface area contributed by atoms with Gasteiger partial charge < -0.3 is 10.1 Å². The third-order valence-electron chi connectivity index (χ3n) is 2.69. The van der Waals surface area contributed by atoms with Gasteiger partial charge in [0.2, 0.25) is 0 Å². The second kappa shape index (κ2) is 8.38. The second-order valence-electron chi connectivity index (χ2n) is 4.69. The van der Waals surface area contributed by atoms with Crippen LogP contribution in [0.25, 0.3) is 0 Å². The van der Waals surface area contributed by atoms with Gasteiger partial charge in [-0.15, -0.1) is 0 Å². The van der Waals surface area contributed by atoms with E-state index in [9.17, 15) is 18.0 Å². The Morgan fingerprint density at radius 2 is 1.82 bits per heavy atom. The minimum absolute atomic E-state index is 0.166. The first-order valence-corrected chi connectivity index (χ1v) is 8.72. The van der Waals surface area contributed by atoms with Crippen molar-refractivity contribution in [2.75, 3.05) is 19.4 Å². The van der Waals surface area contributed by atoms with Crippen molar-refractivity contribution in [3.05, 3.63) is 24.3 Å². The van der Waals surface area contributed by atoms with Crippen molar-refractivity contribution in [3.63, 3.8) is 0 Å². The lowest BCUT2D eigenvalue weighted by molar-refractivity contribution is -0.122. The summed E-state index contributed by atoms with van der Waals surface area (Å²) < 4.78 is 27.8. The standard InChI is InChI=1S/C14H20N2O5S/c1-3-4-9-15-14(18)16-13(17)10-21-11-5-7-12(8-6-11)22(2,19)20/h5-8H,3-4,9-10H2,1-2H3,(H2,15,16,17,18). The molecule has 0 aliphatic heterocycles. The van der Waals surface area contributed by atoms with Crippen molar-refractivity contribution in [1.82, 2.24) is 10.6 Å². The zero-order valence-corrected chi connectivity index (χ0v) is 13.4. The van der Waals surface area contributed by atoms with E-state index in [1.807, 2.05) is 6.92 Å². The first kappa shape index (κ1) is 18.0. The number of rotatable bonds is 7. The normalized spacial score (nSPS) is 10.8. The van der Waals surface area contributed by atoms with Crippen LogP contribution in [-0.4, -0.2) is 39.8 Å². The molecule has 122 valence electrons. The molecular formula is C14H20N2O5S. The van der Waals surface area contributed by atoms with Crippen LogP contribution in [0.5, 0.6) is 5.75 Å². The van der Waals surface area contributed by atoms with Gasteiger partial charge in [-0.05, 0) is 30.7 Å². The van der Waals surface area contributed by atoms with E-state index in [0.29, 0.717) is 12.3 Å². The molecule has 0 aromatic heterocycles. The minimum Gasteiger partial charge on any atom is -0.484 e. The van der Waals surface area contributed by atoms with E-state index in [0.717, 1.165) is 19.1 Å². The molecular weight excluding hydrogens is 308 g/mol. The Morgan fingerprint density at radius 1 is 1.18 bits per heavy atom. The number of sulfone groups is 1. The van der Waals surface area contributed by atoms with Crippen LogP contribution in [0.3, 0.4) is 0 Å². The summed E-state index contributed by atoms with van der Waals surface area (Å²) >= 11 is 0. The van der Waals surface area contributed by atoms with Gasteiger partial charge in [0.05, 0.1) is 4.90 Å². The minimum atomic E-state index is -3.27. The van der Waals surface area contributed by atoms with Crippen molar-refractivity contribution in [2.45, 2.75) is 24.7 Å². The number of benzene rings is 1. The van der Waals surface area contributed by atoms with Gasteiger partial charge >= 0.3 is 6.03 Å². The monoisotopic (exact) mass is 328 g/mol. The molecule has 22 heavy (non-hydrogen) atoms. The molecule has 0 heterocycles. The SMILES string of the molecule is CCCCNC(=O)NC(=O)COc1ccc(S(C)(=O)=O)cc1. The predicted molar refractivity (Wildman–Crippen MR) is 81.5 cm³/mol. The highest BCUT2D eigenvalue weighted by Gasteiger charge is 2.09. The highest BCUT2D eigenvalue weighted by atomic mass is 32.2. The fraction of sp³-hybridized carbons (Fsp3) is 0.429. The van der Waals surface area contributed by atoms with Crippen LogP contribution in [-0.2, 0) is 14.6 Å². The molecule has 0 fully saturated rings. The summed E-state index contributed by atoms with van der Waals surface area (Å²) in [6.45, 7) is 2.16. The quantitative estimate of drug-likeness (QED) is 0.730. The molecule has 3 amide bonds. The van der Waals surface area contributed by atoms with E-state index in [1.165, 1.54) is 24.3 Å². The summed E-state index contributed by atoms with van der Waals surface area (Å²) in [6, 6.07) is 5.12. The van der Waals surface area contributed by atoms with Crippen LogP contribution in [0.2, 0.25) is 0 Å². The fourth-order valence-electron chi connectivity index (χ4n) is 1.52. The Balaban J connectivity index is 2.39. The summed E-state index contributed by atoms with van der Waals surface area (Å²) in [5, 5.41) is 4.68. The summed E-state index contributed by atoms with van der Waals surface area (Å²) in [4.78, 5) is 23.0. The molecule has 0 aliphatic rings. The Morgan fingerprint density at radius 3 is 2.36 bits per heavy atom. The van der Waals surface area contributed by atoms with Crippen LogP contribution in [0.15, 0.2) is 29.2 Å². The molecule has 0 atom stereocenters. The molecule has 0 unspecified atom stereocenters. The number of urea groups is 1. The van der Waals surface area contributed by atoms with Gasteiger partial charge in [0.1, 0.15) is 5.75 Å². The lowest BCUT2D eigenvalue weighted by Gasteiger charge is -2.08. The van der Waals surface area contributed by atoms with Gasteiger partial charge in [0, 0.05) is 12.8 Å². The lowest BCUT2D eigenvalue weighted by atomic mass is 10.3. The van der Waals surface area contributed by atoms with Gasteiger partial charge in [0.25, 0.3) is 5.91 Å². The number of amides is 3. The molecule has 1 aromatic carbocycles. The molecule has 8 heteroatoms. The summed E-state index contributed by atoms with van der Waals surface area (Å²) in [7, 11) is -3.27. The average Bonchev–Trinajstić information content (AvgIpc) is 2.45. The first-order chi connectivity index (χ1) is 10.3. The van der Waals surface area contributed by atoms with Crippen molar-refractivity contribution in [2.24, 2.45) is 0 Å². The van der Waals surface area contributed by atoms with Crippen LogP contribution in [0.1, 0.15) is 19.8 Å². The predicted octanol–water partition coefficient (Wildman–Crippen LogP) is 1.09. The van der Waals surface area contributed by atoms with E-state index in [4.69, 9.17) is 4.74 Å². The van der Waals surface area contributed by atoms with Crippen LogP contribution < -0.4 is 15.4 Å². The van der Waals surface area contributed by atoms with Gasteiger partial charge in [-0.25, -0.2) is 13.2 Å². The number of ether oxygens (including phenoxy) is 1. The first-order valence-electron chi connectivity index (χ1n) is 6.83. The maximum atomic E-state index is 11.5. The maximum absolute atomic E-state index is 11.5. The van der Waals surface area contributed by atoms with Crippen LogP contribution in [0, 0.1) is 0 Å². The largest absolute Gasteiger partial charge is 0.484 e. The molecule has 0 spiro atoms. The molecule has 2 N–H and O–H groups in total. The average molecular weight is 328 g/mol. The summed E-state index contributed by atoms with van der Waals surface area (Å²) in [5.74, 6) is -0.241. The zero-order chi connectivity index (χ0) is 16.6. The highest BCUT2D eigenvalue weighted by molar-refractivity contribution is 7.90. The Hall–Kier alpha value is -2.09. The molecule has 0 radical (unpaired) electrons. The molecule has 7 nitrogen and oxygen atoms in total. The Kier molecular flexibility index (Phi) is 6.84. The van der Waals surface area contributed by atoms with E-state index < -0.39 is 21.8 Å². The topological polar surface area (TPSA) is 102 Å². The Labute approximate surface area is 130 Å². The third-order valence-corrected chi connectivity index (χ3v) is 3.82. The summed E-state index contributed by atoms with van der Waals surface area (Å²) in [6.07, 6.45) is 2.89. The number of hydrogen-bond donors (Lipinski definition) is 2. The maximum Gasteiger partial charge on any atom is 0.321 e. The van der Waals surface area contributed by atoms with Crippen molar-refractivity contribution >= 4 is 21.8 Å². The van der Waals surface area contributed by atoms with Crippen molar-refractivity contribution < 1.29 is 22.7 Å². The molecule has 0 aliphatic carbocycles. The number of unbranched alkanes of at least 4 members (excludes halogenated alkanes) is 1. The number of carbonyl (C=O) groups excluding carboxylic acids is 2. The molecule has 0 bridgehead atoms. The van der Waals surface area contributed by atoms with Gasteiger partial charge in [-0.1, -0.05) is 13.3 Å². The number of nitrogens with one attached hydrogen (secondary N) is 2. The molecule has 0 saturated heterocycles.